The van der Waals surface area contributed by atoms with Crippen LogP contribution in [-0.2, 0) is 10.0 Å². The summed E-state index contributed by atoms with van der Waals surface area (Å²) in [5.74, 6) is 0. The Kier molecular flexibility index (Phi) is 4.11. The van der Waals surface area contributed by atoms with Crippen molar-refractivity contribution in [2.75, 3.05) is 17.1 Å². The summed E-state index contributed by atoms with van der Waals surface area (Å²) < 4.78 is 27.7. The van der Waals surface area contributed by atoms with Crippen LogP contribution in [0.1, 0.15) is 0 Å². The number of anilines is 2. The van der Waals surface area contributed by atoms with Crippen molar-refractivity contribution in [2.24, 2.45) is 0 Å². The number of benzene rings is 2. The third-order valence-corrected chi connectivity index (χ3v) is 4.48. The summed E-state index contributed by atoms with van der Waals surface area (Å²) in [4.78, 5) is 0.231. The first-order chi connectivity index (χ1) is 9.01. The summed E-state index contributed by atoms with van der Waals surface area (Å²) in [6, 6.07) is 13.5. The number of nitrogens with one attached hydrogen (secondary N) is 2. The molecule has 19 heavy (non-hydrogen) atoms. The number of sulfonamides is 1. The summed E-state index contributed by atoms with van der Waals surface area (Å²) in [5, 5.41) is 2.94. The van der Waals surface area contributed by atoms with Crippen LogP contribution in [0.15, 0.2) is 57.9 Å². The van der Waals surface area contributed by atoms with Gasteiger partial charge in [0, 0.05) is 22.9 Å². The maximum Gasteiger partial charge on any atom is 0.261 e. The van der Waals surface area contributed by atoms with Crippen molar-refractivity contribution in [1.29, 1.82) is 0 Å². The molecular weight excluding hydrogens is 328 g/mol. The van der Waals surface area contributed by atoms with Gasteiger partial charge in [0.1, 0.15) is 0 Å². The lowest BCUT2D eigenvalue weighted by atomic mass is 10.3. The molecule has 0 aliphatic rings. The van der Waals surface area contributed by atoms with Crippen LogP contribution in [0.25, 0.3) is 0 Å². The molecule has 0 aliphatic heterocycles. The summed E-state index contributed by atoms with van der Waals surface area (Å²) in [5.41, 5.74) is 1.39. The fourth-order valence-electron chi connectivity index (χ4n) is 1.53. The molecule has 0 heterocycles. The van der Waals surface area contributed by atoms with Crippen LogP contribution in [0.5, 0.6) is 0 Å². The van der Waals surface area contributed by atoms with E-state index in [1.165, 1.54) is 0 Å². The van der Waals surface area contributed by atoms with E-state index in [4.69, 9.17) is 0 Å². The Labute approximate surface area is 121 Å². The maximum atomic E-state index is 12.1. The minimum absolute atomic E-state index is 0.231. The molecule has 0 unspecified atom stereocenters. The second-order valence-corrected chi connectivity index (χ2v) is 6.48. The highest BCUT2D eigenvalue weighted by Crippen LogP contribution is 2.19. The zero-order valence-electron chi connectivity index (χ0n) is 10.2. The van der Waals surface area contributed by atoms with Crippen LogP contribution < -0.4 is 10.0 Å². The minimum atomic E-state index is -3.54. The molecule has 2 rings (SSSR count). The van der Waals surface area contributed by atoms with E-state index in [9.17, 15) is 8.42 Å². The maximum absolute atomic E-state index is 12.1. The lowest BCUT2D eigenvalue weighted by molar-refractivity contribution is 0.601. The Morgan fingerprint density at radius 1 is 0.895 bits per heavy atom. The van der Waals surface area contributed by atoms with E-state index in [1.54, 1.807) is 55.6 Å². The number of rotatable bonds is 4. The zero-order valence-corrected chi connectivity index (χ0v) is 12.6. The molecule has 0 radical (unpaired) electrons. The van der Waals surface area contributed by atoms with Crippen molar-refractivity contribution < 1.29 is 8.42 Å². The first-order valence-corrected chi connectivity index (χ1v) is 7.85. The third kappa shape index (κ3) is 3.48. The zero-order chi connectivity index (χ0) is 13.9. The van der Waals surface area contributed by atoms with Gasteiger partial charge in [-0.15, -0.1) is 0 Å². The van der Waals surface area contributed by atoms with Crippen molar-refractivity contribution in [2.45, 2.75) is 4.90 Å². The fraction of sp³-hybridized carbons (Fsp3) is 0.0769. The number of halogens is 1. The first kappa shape index (κ1) is 13.9. The molecule has 4 nitrogen and oxygen atoms in total. The molecule has 0 fully saturated rings. The van der Waals surface area contributed by atoms with Crippen molar-refractivity contribution >= 4 is 37.3 Å². The number of hydrogen-bond donors (Lipinski definition) is 2. The fourth-order valence-corrected chi connectivity index (χ4v) is 2.86. The van der Waals surface area contributed by atoms with Crippen LogP contribution in [0.4, 0.5) is 11.4 Å². The van der Waals surface area contributed by atoms with Gasteiger partial charge in [0.25, 0.3) is 10.0 Å². The molecule has 0 aromatic heterocycles. The lowest BCUT2D eigenvalue weighted by Crippen LogP contribution is -2.12. The second-order valence-electron chi connectivity index (χ2n) is 3.89. The van der Waals surface area contributed by atoms with Gasteiger partial charge in [-0.25, -0.2) is 8.42 Å². The quantitative estimate of drug-likeness (QED) is 0.897. The normalized spacial score (nSPS) is 11.1. The average molecular weight is 341 g/mol. The predicted molar refractivity (Wildman–Crippen MR) is 80.9 cm³/mol. The molecule has 2 aromatic carbocycles. The summed E-state index contributed by atoms with van der Waals surface area (Å²) >= 11 is 3.30. The van der Waals surface area contributed by atoms with Crippen LogP contribution >= 0.6 is 15.9 Å². The van der Waals surface area contributed by atoms with Gasteiger partial charge in [-0.1, -0.05) is 15.9 Å². The van der Waals surface area contributed by atoms with E-state index in [1.807, 2.05) is 0 Å². The van der Waals surface area contributed by atoms with Crippen LogP contribution in [0.2, 0.25) is 0 Å². The Hall–Kier alpha value is -1.53. The molecule has 100 valence electrons. The monoisotopic (exact) mass is 340 g/mol. The molecular formula is C13H13BrN2O2S. The Morgan fingerprint density at radius 3 is 1.95 bits per heavy atom. The molecule has 2 aromatic rings. The van der Waals surface area contributed by atoms with Gasteiger partial charge in [-0.3, -0.25) is 4.72 Å². The van der Waals surface area contributed by atoms with Gasteiger partial charge in [-0.05, 0) is 48.5 Å². The Morgan fingerprint density at radius 2 is 1.42 bits per heavy atom. The van der Waals surface area contributed by atoms with E-state index < -0.39 is 10.0 Å². The number of hydrogen-bond acceptors (Lipinski definition) is 3. The van der Waals surface area contributed by atoms with Gasteiger partial charge in [0.15, 0.2) is 0 Å². The molecule has 0 atom stereocenters. The second kappa shape index (κ2) is 5.63. The highest BCUT2D eigenvalue weighted by molar-refractivity contribution is 9.10. The van der Waals surface area contributed by atoms with Crippen LogP contribution in [0.3, 0.4) is 0 Å². The smallest absolute Gasteiger partial charge is 0.261 e. The van der Waals surface area contributed by atoms with Crippen molar-refractivity contribution in [3.8, 4) is 0 Å². The molecule has 2 N–H and O–H groups in total. The van der Waals surface area contributed by atoms with E-state index in [0.717, 1.165) is 10.2 Å². The molecule has 0 amide bonds. The van der Waals surface area contributed by atoms with Crippen LogP contribution in [-0.4, -0.2) is 15.5 Å². The lowest BCUT2D eigenvalue weighted by Gasteiger charge is -2.08. The highest BCUT2D eigenvalue weighted by atomic mass is 79.9. The van der Waals surface area contributed by atoms with E-state index >= 15 is 0 Å². The Bertz CT molecular complexity index is 652. The molecule has 0 spiro atoms. The van der Waals surface area contributed by atoms with E-state index in [2.05, 4.69) is 26.0 Å². The van der Waals surface area contributed by atoms with Crippen molar-refractivity contribution in [3.63, 3.8) is 0 Å². The average Bonchev–Trinajstić information content (AvgIpc) is 2.41. The van der Waals surface area contributed by atoms with E-state index in [0.29, 0.717) is 5.69 Å². The van der Waals surface area contributed by atoms with Gasteiger partial charge >= 0.3 is 0 Å². The molecule has 0 aliphatic carbocycles. The summed E-state index contributed by atoms with van der Waals surface area (Å²) in [6.45, 7) is 0. The molecule has 0 saturated carbocycles. The van der Waals surface area contributed by atoms with Gasteiger partial charge in [-0.2, -0.15) is 0 Å². The van der Waals surface area contributed by atoms with Gasteiger partial charge in [0.05, 0.1) is 4.90 Å². The third-order valence-electron chi connectivity index (χ3n) is 2.55. The predicted octanol–water partition coefficient (Wildman–Crippen LogP) is 3.29. The van der Waals surface area contributed by atoms with Crippen LogP contribution in [0, 0.1) is 0 Å². The SMILES string of the molecule is CNc1ccc(S(=O)(=O)Nc2ccc(Br)cc2)cc1. The largest absolute Gasteiger partial charge is 0.388 e. The molecule has 0 bridgehead atoms. The molecule has 0 saturated heterocycles. The molecule has 6 heteroatoms. The van der Waals surface area contributed by atoms with E-state index in [-0.39, 0.29) is 4.90 Å². The summed E-state index contributed by atoms with van der Waals surface area (Å²) in [6.07, 6.45) is 0. The van der Waals surface area contributed by atoms with Gasteiger partial charge < -0.3 is 5.32 Å². The van der Waals surface area contributed by atoms with Crippen molar-refractivity contribution in [1.82, 2.24) is 0 Å². The van der Waals surface area contributed by atoms with Crippen molar-refractivity contribution in [3.05, 3.63) is 53.0 Å². The summed E-state index contributed by atoms with van der Waals surface area (Å²) in [7, 11) is -1.76. The topological polar surface area (TPSA) is 58.2 Å². The first-order valence-electron chi connectivity index (χ1n) is 5.57. The highest BCUT2D eigenvalue weighted by Gasteiger charge is 2.13. The van der Waals surface area contributed by atoms with Gasteiger partial charge in [0.2, 0.25) is 0 Å². The standard InChI is InChI=1S/C13H13BrN2O2S/c1-15-11-6-8-13(9-7-11)19(17,18)16-12-4-2-10(14)3-5-12/h2-9,15-16H,1H3. The Balaban J connectivity index is 2.24. The minimum Gasteiger partial charge on any atom is -0.388 e.